The van der Waals surface area contributed by atoms with Gasteiger partial charge in [-0.15, -0.1) is 11.3 Å². The Bertz CT molecular complexity index is 651. The molecule has 0 fully saturated rings. The molecule has 1 heterocycles. The highest BCUT2D eigenvalue weighted by atomic mass is 32.1. The van der Waals surface area contributed by atoms with E-state index in [4.69, 9.17) is 0 Å². The summed E-state index contributed by atoms with van der Waals surface area (Å²) in [4.78, 5) is 24.6. The smallest absolute Gasteiger partial charge is 0.321 e. The van der Waals surface area contributed by atoms with Gasteiger partial charge in [-0.25, -0.2) is 4.79 Å². The highest BCUT2D eigenvalue weighted by Gasteiger charge is 2.07. The number of hydrogen-bond donors (Lipinski definition) is 3. The summed E-state index contributed by atoms with van der Waals surface area (Å²) in [6, 6.07) is 11.5. The second-order valence-corrected chi connectivity index (χ2v) is 6.80. The predicted octanol–water partition coefficient (Wildman–Crippen LogP) is 3.35. The topological polar surface area (TPSA) is 70.2 Å². The predicted molar refractivity (Wildman–Crippen MR) is 98.6 cm³/mol. The Balaban J connectivity index is 1.65. The van der Waals surface area contributed by atoms with Crippen LogP contribution in [0.3, 0.4) is 0 Å². The summed E-state index contributed by atoms with van der Waals surface area (Å²) in [5.41, 5.74) is 2.10. The maximum atomic E-state index is 11.8. The first kappa shape index (κ1) is 18.0. The minimum atomic E-state index is -0.464. The lowest BCUT2D eigenvalue weighted by atomic mass is 10.0. The van der Waals surface area contributed by atoms with E-state index in [0.29, 0.717) is 12.5 Å². The number of carbonyl (C=O) groups excluding carboxylic acids is 2. The van der Waals surface area contributed by atoms with Gasteiger partial charge >= 0.3 is 6.03 Å². The van der Waals surface area contributed by atoms with Crippen molar-refractivity contribution in [2.45, 2.75) is 26.2 Å². The zero-order chi connectivity index (χ0) is 17.4. The van der Waals surface area contributed by atoms with Crippen LogP contribution in [0.5, 0.6) is 0 Å². The van der Waals surface area contributed by atoms with Crippen molar-refractivity contribution in [1.29, 1.82) is 0 Å². The molecule has 1 aromatic heterocycles. The monoisotopic (exact) mass is 345 g/mol. The molecule has 6 heteroatoms. The van der Waals surface area contributed by atoms with Crippen LogP contribution < -0.4 is 16.0 Å². The van der Waals surface area contributed by atoms with Gasteiger partial charge in [0.1, 0.15) is 0 Å². The summed E-state index contributed by atoms with van der Waals surface area (Å²) < 4.78 is 0. The number of anilines is 1. The van der Waals surface area contributed by atoms with E-state index < -0.39 is 6.03 Å². The first-order chi connectivity index (χ1) is 11.5. The first-order valence-corrected chi connectivity index (χ1v) is 8.86. The van der Waals surface area contributed by atoms with Gasteiger partial charge in [0.05, 0.1) is 6.54 Å². The van der Waals surface area contributed by atoms with E-state index in [1.807, 2.05) is 41.8 Å². The van der Waals surface area contributed by atoms with Crippen LogP contribution in [0.1, 0.15) is 30.2 Å². The quantitative estimate of drug-likeness (QED) is 0.721. The van der Waals surface area contributed by atoms with Crippen LogP contribution >= 0.6 is 11.3 Å². The fourth-order valence-corrected chi connectivity index (χ4v) is 2.85. The van der Waals surface area contributed by atoms with Crippen molar-refractivity contribution in [3.63, 3.8) is 0 Å². The van der Waals surface area contributed by atoms with E-state index in [2.05, 4.69) is 29.8 Å². The molecule has 3 amide bonds. The van der Waals surface area contributed by atoms with E-state index in [9.17, 15) is 9.59 Å². The number of hydrogen-bond acceptors (Lipinski definition) is 4. The van der Waals surface area contributed by atoms with E-state index in [1.165, 1.54) is 10.4 Å². The van der Waals surface area contributed by atoms with Gasteiger partial charge in [-0.2, -0.15) is 0 Å². The number of urea groups is 1. The van der Waals surface area contributed by atoms with Gasteiger partial charge in [-0.1, -0.05) is 32.0 Å². The van der Waals surface area contributed by atoms with Gasteiger partial charge in [0.2, 0.25) is 5.91 Å². The minimum Gasteiger partial charge on any atom is -0.376 e. The molecule has 128 valence electrons. The number of amides is 3. The number of benzene rings is 1. The molecule has 0 bridgehead atoms. The molecule has 0 unspecified atom stereocenters. The average Bonchev–Trinajstić information content (AvgIpc) is 3.06. The van der Waals surface area contributed by atoms with Crippen molar-refractivity contribution in [1.82, 2.24) is 10.6 Å². The number of nitrogens with one attached hydrogen (secondary N) is 3. The Morgan fingerprint density at radius 1 is 1.12 bits per heavy atom. The average molecular weight is 345 g/mol. The molecule has 0 radical (unpaired) electrons. The van der Waals surface area contributed by atoms with Crippen molar-refractivity contribution < 1.29 is 9.59 Å². The summed E-state index contributed by atoms with van der Waals surface area (Å²) >= 11 is 1.65. The zero-order valence-corrected chi connectivity index (χ0v) is 14.8. The molecular weight excluding hydrogens is 322 g/mol. The highest BCUT2D eigenvalue weighted by molar-refractivity contribution is 7.09. The standard InChI is InChI=1S/C18H23N3O2S/c1-13(2)14-5-7-15(8-6-14)20-12-17(22)21-18(23)19-10-9-16-4-3-11-24-16/h3-8,11,13,20H,9-10,12H2,1-2H3,(H2,19,21,22,23). The lowest BCUT2D eigenvalue weighted by Crippen LogP contribution is -2.42. The van der Waals surface area contributed by atoms with Crippen LogP contribution in [0.25, 0.3) is 0 Å². The molecule has 0 saturated carbocycles. The van der Waals surface area contributed by atoms with Gasteiger partial charge in [0, 0.05) is 17.1 Å². The van der Waals surface area contributed by atoms with Crippen molar-refractivity contribution in [2.75, 3.05) is 18.4 Å². The van der Waals surface area contributed by atoms with Gasteiger partial charge in [0.25, 0.3) is 0 Å². The second-order valence-electron chi connectivity index (χ2n) is 5.76. The highest BCUT2D eigenvalue weighted by Crippen LogP contribution is 2.16. The Morgan fingerprint density at radius 2 is 1.88 bits per heavy atom. The normalized spacial score (nSPS) is 10.5. The van der Waals surface area contributed by atoms with Crippen molar-refractivity contribution in [3.05, 3.63) is 52.2 Å². The summed E-state index contributed by atoms with van der Waals surface area (Å²) in [7, 11) is 0. The SMILES string of the molecule is CC(C)c1ccc(NCC(=O)NC(=O)NCCc2cccs2)cc1. The fraction of sp³-hybridized carbons (Fsp3) is 0.333. The van der Waals surface area contributed by atoms with Crippen LogP contribution in [-0.2, 0) is 11.2 Å². The minimum absolute atomic E-state index is 0.0549. The summed E-state index contributed by atoms with van der Waals surface area (Å²) in [6.45, 7) is 4.82. The maximum Gasteiger partial charge on any atom is 0.321 e. The molecule has 2 aromatic rings. The van der Waals surface area contributed by atoms with E-state index in [-0.39, 0.29) is 12.5 Å². The number of rotatable bonds is 7. The molecule has 2 rings (SSSR count). The number of thiophene rings is 1. The molecule has 5 nitrogen and oxygen atoms in total. The Kier molecular flexibility index (Phi) is 6.81. The van der Waals surface area contributed by atoms with Crippen LogP contribution in [-0.4, -0.2) is 25.0 Å². The van der Waals surface area contributed by atoms with Gasteiger partial charge in [-0.05, 0) is 41.5 Å². The Labute approximate surface area is 146 Å². The van der Waals surface area contributed by atoms with Crippen LogP contribution in [0.4, 0.5) is 10.5 Å². The molecule has 24 heavy (non-hydrogen) atoms. The molecule has 0 saturated heterocycles. The largest absolute Gasteiger partial charge is 0.376 e. The second kappa shape index (κ2) is 9.08. The maximum absolute atomic E-state index is 11.8. The van der Waals surface area contributed by atoms with Gasteiger partial charge in [0.15, 0.2) is 0 Å². The van der Waals surface area contributed by atoms with Gasteiger partial charge < -0.3 is 10.6 Å². The third-order valence-electron chi connectivity index (χ3n) is 3.52. The third kappa shape index (κ3) is 6.04. The van der Waals surface area contributed by atoms with E-state index in [1.54, 1.807) is 11.3 Å². The van der Waals surface area contributed by atoms with Crippen molar-refractivity contribution in [2.24, 2.45) is 0 Å². The third-order valence-corrected chi connectivity index (χ3v) is 4.46. The summed E-state index contributed by atoms with van der Waals surface area (Å²) in [5.74, 6) is 0.108. The first-order valence-electron chi connectivity index (χ1n) is 7.98. The van der Waals surface area contributed by atoms with E-state index in [0.717, 1.165) is 12.1 Å². The van der Waals surface area contributed by atoms with E-state index >= 15 is 0 Å². The molecule has 0 aliphatic carbocycles. The van der Waals surface area contributed by atoms with Crippen LogP contribution in [0.2, 0.25) is 0 Å². The number of carbonyl (C=O) groups is 2. The molecule has 0 spiro atoms. The molecule has 0 aliphatic heterocycles. The fourth-order valence-electron chi connectivity index (χ4n) is 2.14. The van der Waals surface area contributed by atoms with Crippen molar-refractivity contribution >= 4 is 29.0 Å². The van der Waals surface area contributed by atoms with Crippen molar-refractivity contribution in [3.8, 4) is 0 Å². The van der Waals surface area contributed by atoms with Gasteiger partial charge in [-0.3, -0.25) is 10.1 Å². The molecule has 1 aromatic carbocycles. The lowest BCUT2D eigenvalue weighted by Gasteiger charge is -2.10. The zero-order valence-electron chi connectivity index (χ0n) is 14.0. The Morgan fingerprint density at radius 3 is 2.50 bits per heavy atom. The molecule has 0 aliphatic rings. The van der Waals surface area contributed by atoms with Crippen LogP contribution in [0, 0.1) is 0 Å². The number of imide groups is 1. The van der Waals surface area contributed by atoms with Crippen LogP contribution in [0.15, 0.2) is 41.8 Å². The Hall–Kier alpha value is -2.34. The molecular formula is C18H23N3O2S. The molecule has 3 N–H and O–H groups in total. The summed E-state index contributed by atoms with van der Waals surface area (Å²) in [5, 5.41) is 9.99. The summed E-state index contributed by atoms with van der Waals surface area (Å²) in [6.07, 6.45) is 0.764. The lowest BCUT2D eigenvalue weighted by molar-refractivity contribution is -0.118. The molecule has 0 atom stereocenters.